The van der Waals surface area contributed by atoms with Gasteiger partial charge in [-0.05, 0) is 24.6 Å². The number of aliphatic hydroxyl groups is 1. The van der Waals surface area contributed by atoms with Gasteiger partial charge in [-0.25, -0.2) is 0 Å². The number of hydrogen-bond donors (Lipinski definition) is 1. The summed E-state index contributed by atoms with van der Waals surface area (Å²) in [6, 6.07) is 7.13. The highest BCUT2D eigenvalue weighted by Crippen LogP contribution is 2.32. The van der Waals surface area contributed by atoms with E-state index >= 15 is 0 Å². The number of hydrogen-bond acceptors (Lipinski definition) is 3. The summed E-state index contributed by atoms with van der Waals surface area (Å²) in [5, 5.41) is 19.4. The van der Waals surface area contributed by atoms with Gasteiger partial charge in [0.15, 0.2) is 0 Å². The molecule has 0 saturated heterocycles. The third-order valence-corrected chi connectivity index (χ3v) is 2.70. The summed E-state index contributed by atoms with van der Waals surface area (Å²) in [4.78, 5) is 0. The maximum Gasteiger partial charge on any atom is 0.123 e. The molecule has 0 aliphatic heterocycles. The Morgan fingerprint density at radius 3 is 2.75 bits per heavy atom. The van der Waals surface area contributed by atoms with Crippen molar-refractivity contribution in [3.05, 3.63) is 28.8 Å². The van der Waals surface area contributed by atoms with Crippen molar-refractivity contribution in [3.8, 4) is 11.8 Å². The van der Waals surface area contributed by atoms with Gasteiger partial charge >= 0.3 is 0 Å². The minimum atomic E-state index is -0.711. The Labute approximate surface area is 100 Å². The lowest BCUT2D eigenvalue weighted by Gasteiger charge is -2.18. The lowest BCUT2D eigenvalue weighted by molar-refractivity contribution is 0.156. The van der Waals surface area contributed by atoms with E-state index in [1.807, 2.05) is 6.92 Å². The molecule has 1 N–H and O–H groups in total. The number of nitriles is 1. The number of methoxy groups -OCH3 is 1. The number of aliphatic hydroxyl groups excluding tert-OH is 1. The zero-order valence-electron chi connectivity index (χ0n) is 9.27. The van der Waals surface area contributed by atoms with Gasteiger partial charge in [-0.1, -0.05) is 18.5 Å². The standard InChI is InChI=1S/C12H14ClNO2/c1-3-11(15)10(7-14)9-6-8(13)4-5-12(9)16-2/h4-6,10-11,15H,3H2,1-2H3. The Bertz CT molecular complexity index is 400. The Morgan fingerprint density at radius 2 is 2.25 bits per heavy atom. The van der Waals surface area contributed by atoms with E-state index in [0.29, 0.717) is 22.8 Å². The maximum absolute atomic E-state index is 9.76. The van der Waals surface area contributed by atoms with E-state index in [-0.39, 0.29) is 0 Å². The second kappa shape index (κ2) is 5.74. The Kier molecular flexibility index (Phi) is 4.60. The molecule has 1 rings (SSSR count). The van der Waals surface area contributed by atoms with Crippen LogP contribution in [0.4, 0.5) is 0 Å². The smallest absolute Gasteiger partial charge is 0.123 e. The molecule has 0 bridgehead atoms. The van der Waals surface area contributed by atoms with Gasteiger partial charge < -0.3 is 9.84 Å². The van der Waals surface area contributed by atoms with Crippen LogP contribution in [0.15, 0.2) is 18.2 Å². The third-order valence-electron chi connectivity index (χ3n) is 2.47. The van der Waals surface area contributed by atoms with Gasteiger partial charge in [-0.15, -0.1) is 0 Å². The average molecular weight is 240 g/mol. The van der Waals surface area contributed by atoms with Crippen LogP contribution in [0.5, 0.6) is 5.75 Å². The molecular weight excluding hydrogens is 226 g/mol. The molecule has 1 aromatic carbocycles. The molecule has 0 fully saturated rings. The Balaban J connectivity index is 3.18. The molecule has 0 aliphatic carbocycles. The molecule has 86 valence electrons. The summed E-state index contributed by atoms with van der Waals surface area (Å²) in [6.45, 7) is 1.83. The van der Waals surface area contributed by atoms with Crippen LogP contribution >= 0.6 is 11.6 Å². The van der Waals surface area contributed by atoms with Gasteiger partial charge in [0.1, 0.15) is 11.7 Å². The molecule has 0 radical (unpaired) electrons. The number of nitrogens with zero attached hydrogens (tertiary/aromatic N) is 1. The highest BCUT2D eigenvalue weighted by molar-refractivity contribution is 6.30. The summed E-state index contributed by atoms with van der Waals surface area (Å²) in [6.07, 6.45) is -0.203. The van der Waals surface area contributed by atoms with Crippen LogP contribution in [0.2, 0.25) is 5.02 Å². The van der Waals surface area contributed by atoms with E-state index in [0.717, 1.165) is 0 Å². The van der Waals surface area contributed by atoms with Crippen LogP contribution in [-0.2, 0) is 0 Å². The molecule has 1 aromatic rings. The fraction of sp³-hybridized carbons (Fsp3) is 0.417. The molecule has 16 heavy (non-hydrogen) atoms. The molecular formula is C12H14ClNO2. The highest BCUT2D eigenvalue weighted by Gasteiger charge is 2.22. The highest BCUT2D eigenvalue weighted by atomic mass is 35.5. The van der Waals surface area contributed by atoms with Crippen molar-refractivity contribution in [1.29, 1.82) is 5.26 Å². The fourth-order valence-electron chi connectivity index (χ4n) is 1.55. The predicted molar refractivity (Wildman–Crippen MR) is 62.7 cm³/mol. The van der Waals surface area contributed by atoms with E-state index in [1.54, 1.807) is 18.2 Å². The van der Waals surface area contributed by atoms with Crippen molar-refractivity contribution in [2.75, 3.05) is 7.11 Å². The zero-order valence-corrected chi connectivity index (χ0v) is 10.0. The van der Waals surface area contributed by atoms with Gasteiger partial charge in [0, 0.05) is 10.6 Å². The summed E-state index contributed by atoms with van der Waals surface area (Å²) >= 11 is 5.88. The van der Waals surface area contributed by atoms with Crippen LogP contribution in [0, 0.1) is 11.3 Å². The van der Waals surface area contributed by atoms with Gasteiger partial charge in [0.25, 0.3) is 0 Å². The average Bonchev–Trinajstić information content (AvgIpc) is 2.30. The molecule has 2 unspecified atom stereocenters. The summed E-state index contributed by atoms with van der Waals surface area (Å²) in [7, 11) is 1.53. The van der Waals surface area contributed by atoms with E-state index < -0.39 is 12.0 Å². The molecule has 0 saturated carbocycles. The first-order valence-corrected chi connectivity index (χ1v) is 5.43. The molecule has 0 spiro atoms. The van der Waals surface area contributed by atoms with Gasteiger partial charge in [0.05, 0.1) is 19.3 Å². The lowest BCUT2D eigenvalue weighted by Crippen LogP contribution is -2.16. The molecule has 4 heteroatoms. The molecule has 0 heterocycles. The summed E-state index contributed by atoms with van der Waals surface area (Å²) in [5.41, 5.74) is 0.631. The second-order valence-electron chi connectivity index (χ2n) is 3.47. The van der Waals surface area contributed by atoms with Crippen molar-refractivity contribution >= 4 is 11.6 Å². The van der Waals surface area contributed by atoms with E-state index in [9.17, 15) is 5.11 Å². The van der Waals surface area contributed by atoms with E-state index in [2.05, 4.69) is 6.07 Å². The predicted octanol–water partition coefficient (Wildman–Crippen LogP) is 2.73. The molecule has 2 atom stereocenters. The summed E-state index contributed by atoms with van der Waals surface area (Å²) in [5.74, 6) is -0.0397. The van der Waals surface area contributed by atoms with Crippen molar-refractivity contribution in [1.82, 2.24) is 0 Å². The first kappa shape index (κ1) is 12.8. The monoisotopic (exact) mass is 239 g/mol. The molecule has 0 aliphatic rings. The van der Waals surface area contributed by atoms with Crippen LogP contribution in [0.3, 0.4) is 0 Å². The largest absolute Gasteiger partial charge is 0.496 e. The van der Waals surface area contributed by atoms with Crippen LogP contribution in [-0.4, -0.2) is 18.3 Å². The quantitative estimate of drug-likeness (QED) is 0.879. The Morgan fingerprint density at radius 1 is 1.56 bits per heavy atom. The van der Waals surface area contributed by atoms with Gasteiger partial charge in [0.2, 0.25) is 0 Å². The second-order valence-corrected chi connectivity index (χ2v) is 3.91. The van der Waals surface area contributed by atoms with Crippen LogP contribution in [0.25, 0.3) is 0 Å². The minimum absolute atomic E-state index is 0.508. The fourth-order valence-corrected chi connectivity index (χ4v) is 1.73. The first-order chi connectivity index (χ1) is 7.63. The van der Waals surface area contributed by atoms with Crippen molar-refractivity contribution in [2.24, 2.45) is 0 Å². The molecule has 0 amide bonds. The summed E-state index contributed by atoms with van der Waals surface area (Å²) < 4.78 is 5.16. The molecule has 3 nitrogen and oxygen atoms in total. The van der Waals surface area contributed by atoms with E-state index in [1.165, 1.54) is 7.11 Å². The Hall–Kier alpha value is -1.24. The van der Waals surface area contributed by atoms with Gasteiger partial charge in [-0.2, -0.15) is 5.26 Å². The van der Waals surface area contributed by atoms with Crippen LogP contribution < -0.4 is 4.74 Å². The maximum atomic E-state index is 9.76. The number of halogens is 1. The number of ether oxygens (including phenoxy) is 1. The number of benzene rings is 1. The molecule has 0 aromatic heterocycles. The van der Waals surface area contributed by atoms with Crippen molar-refractivity contribution < 1.29 is 9.84 Å². The third kappa shape index (κ3) is 2.66. The zero-order chi connectivity index (χ0) is 12.1. The SMILES string of the molecule is CCC(O)C(C#N)c1cc(Cl)ccc1OC. The van der Waals surface area contributed by atoms with Gasteiger partial charge in [-0.3, -0.25) is 0 Å². The van der Waals surface area contributed by atoms with Crippen molar-refractivity contribution in [2.45, 2.75) is 25.4 Å². The van der Waals surface area contributed by atoms with E-state index in [4.69, 9.17) is 21.6 Å². The first-order valence-electron chi connectivity index (χ1n) is 5.05. The topological polar surface area (TPSA) is 53.2 Å². The normalized spacial score (nSPS) is 13.9. The number of rotatable bonds is 4. The lowest BCUT2D eigenvalue weighted by atomic mass is 9.92. The van der Waals surface area contributed by atoms with Crippen molar-refractivity contribution in [3.63, 3.8) is 0 Å². The van der Waals surface area contributed by atoms with Crippen LogP contribution in [0.1, 0.15) is 24.8 Å². The minimum Gasteiger partial charge on any atom is -0.496 e.